The van der Waals surface area contributed by atoms with Gasteiger partial charge in [-0.1, -0.05) is 23.7 Å². The molecule has 1 saturated heterocycles. The number of oxazole rings is 1. The van der Waals surface area contributed by atoms with Gasteiger partial charge in [-0.2, -0.15) is 0 Å². The second kappa shape index (κ2) is 9.20. The number of rotatable bonds is 6. The van der Waals surface area contributed by atoms with E-state index in [1.54, 1.807) is 14.2 Å². The van der Waals surface area contributed by atoms with E-state index < -0.39 is 0 Å². The topological polar surface area (TPSA) is 51.0 Å². The van der Waals surface area contributed by atoms with Gasteiger partial charge in [0.05, 0.1) is 25.5 Å². The van der Waals surface area contributed by atoms with Gasteiger partial charge in [0.25, 0.3) is 0 Å². The smallest absolute Gasteiger partial charge is 0.230 e. The molecule has 2 heterocycles. The molecule has 0 aliphatic carbocycles. The fraction of sp³-hybridized carbons (Fsp3) is 0.375. The first-order valence-electron chi connectivity index (χ1n) is 10.4. The molecule has 164 valence electrons. The summed E-state index contributed by atoms with van der Waals surface area (Å²) in [6, 6.07) is 11.8. The van der Waals surface area contributed by atoms with Crippen LogP contribution in [0.5, 0.6) is 11.5 Å². The number of halogens is 1. The second-order valence-electron chi connectivity index (χ2n) is 7.76. The lowest BCUT2D eigenvalue weighted by molar-refractivity contribution is 0.246. The molecule has 0 bridgehead atoms. The fourth-order valence-electron chi connectivity index (χ4n) is 4.03. The van der Waals surface area contributed by atoms with Crippen LogP contribution in [0.1, 0.15) is 17.0 Å². The van der Waals surface area contributed by atoms with Gasteiger partial charge in [-0.3, -0.25) is 4.90 Å². The van der Waals surface area contributed by atoms with Crippen LogP contribution < -0.4 is 14.4 Å². The number of aromatic nitrogens is 1. The van der Waals surface area contributed by atoms with Crippen molar-refractivity contribution in [3.63, 3.8) is 0 Å². The molecular weight excluding hydrogens is 414 g/mol. The summed E-state index contributed by atoms with van der Waals surface area (Å²) < 4.78 is 17.0. The van der Waals surface area contributed by atoms with Crippen molar-refractivity contribution in [1.82, 2.24) is 9.88 Å². The number of para-hydroxylation sites is 1. The van der Waals surface area contributed by atoms with Gasteiger partial charge in [-0.05, 0) is 43.7 Å². The van der Waals surface area contributed by atoms with E-state index in [4.69, 9.17) is 30.5 Å². The molecule has 3 aromatic rings. The Morgan fingerprint density at radius 1 is 1.03 bits per heavy atom. The number of hydrogen-bond donors (Lipinski definition) is 0. The molecule has 0 radical (unpaired) electrons. The number of piperazine rings is 1. The predicted molar refractivity (Wildman–Crippen MR) is 123 cm³/mol. The first kappa shape index (κ1) is 21.5. The van der Waals surface area contributed by atoms with Crippen molar-refractivity contribution in [3.05, 3.63) is 58.4 Å². The third-order valence-corrected chi connectivity index (χ3v) is 6.02. The third-order valence-electron chi connectivity index (χ3n) is 5.78. The van der Waals surface area contributed by atoms with Gasteiger partial charge in [0, 0.05) is 43.4 Å². The molecule has 0 amide bonds. The summed E-state index contributed by atoms with van der Waals surface area (Å²) in [7, 11) is 3.25. The van der Waals surface area contributed by atoms with Crippen molar-refractivity contribution in [1.29, 1.82) is 0 Å². The molecule has 1 aromatic heterocycles. The Kier molecular flexibility index (Phi) is 6.39. The maximum absolute atomic E-state index is 6.21. The second-order valence-corrected chi connectivity index (χ2v) is 8.19. The van der Waals surface area contributed by atoms with E-state index in [2.05, 4.69) is 28.9 Å². The standard InChI is InChI=1S/C24H28ClN3O3/c1-16-8-9-18(25)14-21(16)28-12-10-27(11-13-28)15-20-17(2)31-24(26-20)19-6-5-7-22(29-3)23(19)30-4/h5-9,14H,10-13,15H2,1-4H3. The highest BCUT2D eigenvalue weighted by Gasteiger charge is 2.23. The number of ether oxygens (including phenoxy) is 2. The van der Waals surface area contributed by atoms with E-state index in [-0.39, 0.29) is 0 Å². The zero-order valence-corrected chi connectivity index (χ0v) is 19.2. The van der Waals surface area contributed by atoms with Crippen molar-refractivity contribution < 1.29 is 13.9 Å². The van der Waals surface area contributed by atoms with Crippen LogP contribution in [0, 0.1) is 13.8 Å². The largest absolute Gasteiger partial charge is 0.493 e. The van der Waals surface area contributed by atoms with Gasteiger partial charge in [-0.15, -0.1) is 0 Å². The highest BCUT2D eigenvalue weighted by Crippen LogP contribution is 2.38. The molecule has 31 heavy (non-hydrogen) atoms. The average Bonchev–Trinajstić information content (AvgIpc) is 3.15. The van der Waals surface area contributed by atoms with Crippen LogP contribution in [-0.4, -0.2) is 50.3 Å². The molecular formula is C24H28ClN3O3. The highest BCUT2D eigenvalue weighted by molar-refractivity contribution is 6.30. The average molecular weight is 442 g/mol. The number of nitrogens with zero attached hydrogens (tertiary/aromatic N) is 3. The molecule has 1 aliphatic heterocycles. The molecule has 1 fully saturated rings. The number of benzene rings is 2. The van der Waals surface area contributed by atoms with Gasteiger partial charge < -0.3 is 18.8 Å². The lowest BCUT2D eigenvalue weighted by Gasteiger charge is -2.36. The molecule has 0 spiro atoms. The lowest BCUT2D eigenvalue weighted by Crippen LogP contribution is -2.46. The zero-order chi connectivity index (χ0) is 22.0. The summed E-state index contributed by atoms with van der Waals surface area (Å²) in [5, 5.41) is 0.779. The quantitative estimate of drug-likeness (QED) is 0.539. The molecule has 0 saturated carbocycles. The summed E-state index contributed by atoms with van der Waals surface area (Å²) >= 11 is 6.21. The van der Waals surface area contributed by atoms with Crippen LogP contribution in [0.2, 0.25) is 5.02 Å². The molecule has 0 atom stereocenters. The Balaban J connectivity index is 1.46. The van der Waals surface area contributed by atoms with Crippen molar-refractivity contribution >= 4 is 17.3 Å². The van der Waals surface area contributed by atoms with Crippen LogP contribution >= 0.6 is 11.6 Å². The third kappa shape index (κ3) is 4.50. The van der Waals surface area contributed by atoms with Crippen LogP contribution in [-0.2, 0) is 6.54 Å². The number of hydrogen-bond acceptors (Lipinski definition) is 6. The molecule has 4 rings (SSSR count). The molecule has 7 heteroatoms. The van der Waals surface area contributed by atoms with Gasteiger partial charge >= 0.3 is 0 Å². The van der Waals surface area contributed by atoms with Gasteiger partial charge in [-0.25, -0.2) is 4.98 Å². The summed E-state index contributed by atoms with van der Waals surface area (Å²) in [6.45, 7) is 8.66. The first-order valence-corrected chi connectivity index (χ1v) is 10.8. The molecule has 0 N–H and O–H groups in total. The van der Waals surface area contributed by atoms with Crippen molar-refractivity contribution in [2.75, 3.05) is 45.3 Å². The SMILES string of the molecule is COc1cccc(-c2nc(CN3CCN(c4cc(Cl)ccc4C)CC3)c(C)o2)c1OC. The molecule has 6 nitrogen and oxygen atoms in total. The summed E-state index contributed by atoms with van der Waals surface area (Å²) in [4.78, 5) is 9.60. The van der Waals surface area contributed by atoms with Crippen LogP contribution in [0.3, 0.4) is 0 Å². The van der Waals surface area contributed by atoms with E-state index in [9.17, 15) is 0 Å². The Bertz CT molecular complexity index is 1060. The van der Waals surface area contributed by atoms with Gasteiger partial charge in [0.15, 0.2) is 11.5 Å². The Morgan fingerprint density at radius 2 is 1.81 bits per heavy atom. The van der Waals surface area contributed by atoms with E-state index in [1.807, 2.05) is 31.2 Å². The Hall–Kier alpha value is -2.70. The minimum absolute atomic E-state index is 0.552. The zero-order valence-electron chi connectivity index (χ0n) is 18.4. The Labute approximate surface area is 188 Å². The lowest BCUT2D eigenvalue weighted by atomic mass is 10.1. The van der Waals surface area contributed by atoms with Gasteiger partial charge in [0.2, 0.25) is 5.89 Å². The van der Waals surface area contributed by atoms with E-state index in [0.717, 1.165) is 54.8 Å². The van der Waals surface area contributed by atoms with Crippen LogP contribution in [0.15, 0.2) is 40.8 Å². The monoisotopic (exact) mass is 441 g/mol. The minimum Gasteiger partial charge on any atom is -0.493 e. The number of methoxy groups -OCH3 is 2. The Morgan fingerprint density at radius 3 is 2.52 bits per heavy atom. The van der Waals surface area contributed by atoms with Crippen molar-refractivity contribution in [2.24, 2.45) is 0 Å². The molecule has 1 aliphatic rings. The molecule has 0 unspecified atom stereocenters. The summed E-state index contributed by atoms with van der Waals surface area (Å²) in [6.07, 6.45) is 0. The van der Waals surface area contributed by atoms with Gasteiger partial charge in [0.1, 0.15) is 5.76 Å². The van der Waals surface area contributed by atoms with Crippen molar-refractivity contribution in [2.45, 2.75) is 20.4 Å². The van der Waals surface area contributed by atoms with Crippen LogP contribution in [0.4, 0.5) is 5.69 Å². The minimum atomic E-state index is 0.552. The highest BCUT2D eigenvalue weighted by atomic mass is 35.5. The van der Waals surface area contributed by atoms with E-state index in [0.29, 0.717) is 17.4 Å². The van der Waals surface area contributed by atoms with Crippen molar-refractivity contribution in [3.8, 4) is 23.0 Å². The maximum Gasteiger partial charge on any atom is 0.230 e. The van der Waals surface area contributed by atoms with E-state index in [1.165, 1.54) is 11.3 Å². The first-order chi connectivity index (χ1) is 15.0. The number of anilines is 1. The van der Waals surface area contributed by atoms with Crippen LogP contribution in [0.25, 0.3) is 11.5 Å². The van der Waals surface area contributed by atoms with E-state index >= 15 is 0 Å². The summed E-state index contributed by atoms with van der Waals surface area (Å²) in [5.74, 6) is 2.66. The fourth-order valence-corrected chi connectivity index (χ4v) is 4.19. The summed E-state index contributed by atoms with van der Waals surface area (Å²) in [5.41, 5.74) is 4.21. The predicted octanol–water partition coefficient (Wildman–Crippen LogP) is 4.95. The number of aryl methyl sites for hydroxylation is 2. The normalized spacial score (nSPS) is 14.7. The molecule has 2 aromatic carbocycles. The maximum atomic E-state index is 6.21.